The lowest BCUT2D eigenvalue weighted by Crippen LogP contribution is -2.17. The predicted molar refractivity (Wildman–Crippen MR) is 79.7 cm³/mol. The van der Waals surface area contributed by atoms with Crippen molar-refractivity contribution in [1.82, 2.24) is 19.3 Å². The Balaban J connectivity index is 1.76. The van der Waals surface area contributed by atoms with E-state index >= 15 is 0 Å². The van der Waals surface area contributed by atoms with Crippen LogP contribution in [0.5, 0.6) is 0 Å². The zero-order chi connectivity index (χ0) is 13.9. The van der Waals surface area contributed by atoms with Crippen molar-refractivity contribution in [2.75, 3.05) is 0 Å². The van der Waals surface area contributed by atoms with Gasteiger partial charge in [0.05, 0.1) is 11.6 Å². The van der Waals surface area contributed by atoms with E-state index in [1.807, 2.05) is 18.7 Å². The van der Waals surface area contributed by atoms with Crippen LogP contribution in [0.3, 0.4) is 0 Å². The molecular formula is C15H21ClN4. The number of aromatic nitrogens is 4. The van der Waals surface area contributed by atoms with Gasteiger partial charge in [0.1, 0.15) is 11.3 Å². The lowest BCUT2D eigenvalue weighted by Gasteiger charge is -2.18. The zero-order valence-electron chi connectivity index (χ0n) is 12.1. The first kappa shape index (κ1) is 12.7. The van der Waals surface area contributed by atoms with Crippen molar-refractivity contribution in [3.63, 3.8) is 0 Å². The number of nitrogens with zero attached hydrogens (tertiary/aromatic N) is 4. The van der Waals surface area contributed by atoms with Gasteiger partial charge in [0, 0.05) is 13.6 Å². The summed E-state index contributed by atoms with van der Waals surface area (Å²) in [6, 6.07) is 0. The monoisotopic (exact) mass is 292 g/mol. The summed E-state index contributed by atoms with van der Waals surface area (Å²) in [5.74, 6) is 4.19. The predicted octanol–water partition coefficient (Wildman–Crippen LogP) is 3.25. The molecule has 0 aliphatic heterocycles. The van der Waals surface area contributed by atoms with E-state index in [0.29, 0.717) is 5.88 Å². The van der Waals surface area contributed by atoms with Crippen molar-refractivity contribution in [3.05, 3.63) is 11.5 Å². The van der Waals surface area contributed by atoms with Crippen LogP contribution in [0.2, 0.25) is 0 Å². The molecule has 108 valence electrons. The van der Waals surface area contributed by atoms with Gasteiger partial charge in [0.2, 0.25) is 0 Å². The Morgan fingerprint density at radius 2 is 1.90 bits per heavy atom. The van der Waals surface area contributed by atoms with Crippen molar-refractivity contribution in [1.29, 1.82) is 0 Å². The molecule has 0 bridgehead atoms. The standard InChI is InChI=1S/C15H21ClN4/c1-9-14-15(19(2)18-9)20(13(7-16)17-14)8-12(10-3-4-10)11-5-6-11/h10-12H,3-8H2,1-2H3. The van der Waals surface area contributed by atoms with Crippen LogP contribution in [0.15, 0.2) is 0 Å². The Morgan fingerprint density at radius 1 is 1.25 bits per heavy atom. The van der Waals surface area contributed by atoms with E-state index in [-0.39, 0.29) is 0 Å². The van der Waals surface area contributed by atoms with Gasteiger partial charge < -0.3 is 4.57 Å². The van der Waals surface area contributed by atoms with Crippen LogP contribution in [0.1, 0.15) is 37.2 Å². The molecule has 2 saturated carbocycles. The highest BCUT2D eigenvalue weighted by Crippen LogP contribution is 2.50. The van der Waals surface area contributed by atoms with Gasteiger partial charge in [-0.15, -0.1) is 11.6 Å². The van der Waals surface area contributed by atoms with Crippen LogP contribution in [0.4, 0.5) is 0 Å². The topological polar surface area (TPSA) is 35.6 Å². The number of rotatable bonds is 5. The molecule has 0 aromatic carbocycles. The molecule has 0 amide bonds. The number of aryl methyl sites for hydroxylation is 2. The summed E-state index contributed by atoms with van der Waals surface area (Å²) in [5.41, 5.74) is 3.17. The maximum Gasteiger partial charge on any atom is 0.158 e. The second-order valence-corrected chi connectivity index (χ2v) is 6.76. The third-order valence-corrected chi connectivity index (χ3v) is 5.18. The van der Waals surface area contributed by atoms with E-state index < -0.39 is 0 Å². The number of hydrogen-bond acceptors (Lipinski definition) is 2. The van der Waals surface area contributed by atoms with E-state index in [4.69, 9.17) is 16.6 Å². The lowest BCUT2D eigenvalue weighted by atomic mass is 9.98. The first-order chi connectivity index (χ1) is 9.69. The van der Waals surface area contributed by atoms with Crippen LogP contribution < -0.4 is 0 Å². The summed E-state index contributed by atoms with van der Waals surface area (Å²) in [4.78, 5) is 4.71. The SMILES string of the molecule is Cc1nn(C)c2c1nc(CCl)n2CC(C1CC1)C1CC1. The number of alkyl halides is 1. The summed E-state index contributed by atoms with van der Waals surface area (Å²) in [7, 11) is 2.01. The Kier molecular flexibility index (Phi) is 2.85. The Hall–Kier alpha value is -1.03. The molecule has 2 fully saturated rings. The molecule has 2 heterocycles. The van der Waals surface area contributed by atoms with E-state index in [0.717, 1.165) is 47.0 Å². The molecule has 4 rings (SSSR count). The molecule has 4 nitrogen and oxygen atoms in total. The number of hydrogen-bond donors (Lipinski definition) is 0. The Morgan fingerprint density at radius 3 is 2.45 bits per heavy atom. The third-order valence-electron chi connectivity index (χ3n) is 4.94. The Labute approximate surface area is 124 Å². The molecular weight excluding hydrogens is 272 g/mol. The number of fused-ring (bicyclic) bond motifs is 1. The van der Waals surface area contributed by atoms with Crippen molar-refractivity contribution in [2.45, 2.75) is 45.0 Å². The van der Waals surface area contributed by atoms with Crippen molar-refractivity contribution < 1.29 is 0 Å². The number of halogens is 1. The molecule has 0 N–H and O–H groups in total. The van der Waals surface area contributed by atoms with Gasteiger partial charge in [-0.25, -0.2) is 4.98 Å². The molecule has 2 aliphatic carbocycles. The van der Waals surface area contributed by atoms with E-state index in [1.54, 1.807) is 0 Å². The third kappa shape index (κ3) is 1.96. The highest BCUT2D eigenvalue weighted by Gasteiger charge is 2.42. The quantitative estimate of drug-likeness (QED) is 0.793. The van der Waals surface area contributed by atoms with Crippen LogP contribution in [-0.4, -0.2) is 19.3 Å². The molecule has 5 heteroatoms. The van der Waals surface area contributed by atoms with Gasteiger partial charge >= 0.3 is 0 Å². The normalized spacial score (nSPS) is 19.4. The minimum Gasteiger partial charge on any atom is -0.312 e. The van der Waals surface area contributed by atoms with E-state index in [9.17, 15) is 0 Å². The van der Waals surface area contributed by atoms with Crippen molar-refractivity contribution in [3.8, 4) is 0 Å². The van der Waals surface area contributed by atoms with Gasteiger partial charge in [-0.2, -0.15) is 5.10 Å². The van der Waals surface area contributed by atoms with Crippen LogP contribution >= 0.6 is 11.6 Å². The summed E-state index contributed by atoms with van der Waals surface area (Å²) in [6.07, 6.45) is 5.67. The fraction of sp³-hybridized carbons (Fsp3) is 0.733. The highest BCUT2D eigenvalue weighted by atomic mass is 35.5. The Bertz CT molecular complexity index is 636. The molecule has 2 aromatic rings. The minimum atomic E-state index is 0.482. The molecule has 0 radical (unpaired) electrons. The van der Waals surface area contributed by atoms with Crippen LogP contribution in [-0.2, 0) is 19.5 Å². The molecule has 0 saturated heterocycles. The van der Waals surface area contributed by atoms with Crippen molar-refractivity contribution >= 4 is 22.8 Å². The maximum absolute atomic E-state index is 6.13. The average molecular weight is 293 g/mol. The first-order valence-electron chi connectivity index (χ1n) is 7.63. The fourth-order valence-corrected chi connectivity index (χ4v) is 3.82. The van der Waals surface area contributed by atoms with Crippen LogP contribution in [0, 0.1) is 24.7 Å². The van der Waals surface area contributed by atoms with Gasteiger partial charge in [0.15, 0.2) is 5.65 Å². The number of imidazole rings is 1. The zero-order valence-corrected chi connectivity index (χ0v) is 12.9. The van der Waals surface area contributed by atoms with Crippen LogP contribution in [0.25, 0.3) is 11.2 Å². The maximum atomic E-state index is 6.13. The molecule has 2 aliphatic rings. The lowest BCUT2D eigenvalue weighted by molar-refractivity contribution is 0.347. The fourth-order valence-electron chi connectivity index (χ4n) is 3.62. The summed E-state index contributed by atoms with van der Waals surface area (Å²) < 4.78 is 4.30. The van der Waals surface area contributed by atoms with Gasteiger partial charge in [-0.3, -0.25) is 4.68 Å². The highest BCUT2D eigenvalue weighted by molar-refractivity contribution is 6.16. The smallest absolute Gasteiger partial charge is 0.158 e. The summed E-state index contributed by atoms with van der Waals surface area (Å²) >= 11 is 6.13. The first-order valence-corrected chi connectivity index (χ1v) is 8.17. The second-order valence-electron chi connectivity index (χ2n) is 6.49. The van der Waals surface area contributed by atoms with Gasteiger partial charge in [-0.1, -0.05) is 0 Å². The van der Waals surface area contributed by atoms with E-state index in [1.165, 1.54) is 25.7 Å². The second kappa shape index (κ2) is 4.48. The van der Waals surface area contributed by atoms with Crippen molar-refractivity contribution in [2.24, 2.45) is 24.8 Å². The molecule has 0 spiro atoms. The molecule has 20 heavy (non-hydrogen) atoms. The molecule has 0 atom stereocenters. The van der Waals surface area contributed by atoms with Gasteiger partial charge in [-0.05, 0) is 50.4 Å². The average Bonchev–Trinajstić information content (AvgIpc) is 3.32. The van der Waals surface area contributed by atoms with Gasteiger partial charge in [0.25, 0.3) is 0 Å². The minimum absolute atomic E-state index is 0.482. The van der Waals surface area contributed by atoms with E-state index in [2.05, 4.69) is 9.67 Å². The molecule has 0 unspecified atom stereocenters. The largest absolute Gasteiger partial charge is 0.312 e. The molecule has 2 aromatic heterocycles. The summed E-state index contributed by atoms with van der Waals surface area (Å²) in [5, 5.41) is 4.50. The summed E-state index contributed by atoms with van der Waals surface area (Å²) in [6.45, 7) is 3.10.